The minimum Gasteiger partial charge on any atom is -0.361 e. The van der Waals surface area contributed by atoms with Crippen LogP contribution in [0.3, 0.4) is 0 Å². The highest BCUT2D eigenvalue weighted by molar-refractivity contribution is 14.1. The minimum absolute atomic E-state index is 0.354. The number of hydrogen-bond donors (Lipinski definition) is 2. The topological polar surface area (TPSA) is 64.7 Å². The van der Waals surface area contributed by atoms with E-state index in [0.717, 1.165) is 28.9 Å². The van der Waals surface area contributed by atoms with Crippen molar-refractivity contribution < 1.29 is 9.59 Å². The molecule has 4 rings (SSSR count). The number of anilines is 1. The number of nitrogens with zero attached hydrogens (tertiary/aromatic N) is 2. The Labute approximate surface area is 196 Å². The number of rotatable bonds is 6. The summed E-state index contributed by atoms with van der Waals surface area (Å²) in [7, 11) is 4.26. The molecule has 1 fully saturated rings. The highest BCUT2D eigenvalue weighted by Gasteiger charge is 2.27. The molecule has 7 heteroatoms. The van der Waals surface area contributed by atoms with Crippen molar-refractivity contribution in [2.24, 2.45) is 0 Å². The Morgan fingerprint density at radius 3 is 2.65 bits per heavy atom. The number of fused-ring (bicyclic) bond motifs is 1. The van der Waals surface area contributed by atoms with Gasteiger partial charge in [-0.1, -0.05) is 12.1 Å². The summed E-state index contributed by atoms with van der Waals surface area (Å²) in [6.45, 7) is 3.20. The number of carbonyl (C=O) groups is 2. The van der Waals surface area contributed by atoms with E-state index in [1.165, 1.54) is 18.4 Å². The number of imide groups is 1. The molecule has 2 aromatic rings. The van der Waals surface area contributed by atoms with Crippen molar-refractivity contribution in [2.45, 2.75) is 25.4 Å². The minimum atomic E-state index is -0.385. The summed E-state index contributed by atoms with van der Waals surface area (Å²) in [6, 6.07) is 14.4. The average Bonchev–Trinajstić information content (AvgIpc) is 3.14. The van der Waals surface area contributed by atoms with Gasteiger partial charge in [0.2, 0.25) is 0 Å². The molecule has 0 spiro atoms. The van der Waals surface area contributed by atoms with Crippen molar-refractivity contribution in [1.82, 2.24) is 15.1 Å². The van der Waals surface area contributed by atoms with Crippen molar-refractivity contribution >= 4 is 45.7 Å². The van der Waals surface area contributed by atoms with Crippen LogP contribution in [0.25, 0.3) is 5.57 Å². The summed E-state index contributed by atoms with van der Waals surface area (Å²) < 4.78 is 0.976. The Hall–Kier alpha value is -2.23. The van der Waals surface area contributed by atoms with Crippen LogP contribution in [-0.4, -0.2) is 54.8 Å². The smallest absolute Gasteiger partial charge is 0.260 e. The fraction of sp³-hybridized carbons (Fsp3) is 0.333. The fourth-order valence-electron chi connectivity index (χ4n) is 4.27. The molecule has 2 heterocycles. The van der Waals surface area contributed by atoms with Gasteiger partial charge in [-0.2, -0.15) is 0 Å². The van der Waals surface area contributed by atoms with Crippen molar-refractivity contribution in [3.8, 4) is 0 Å². The first-order valence-corrected chi connectivity index (χ1v) is 11.6. The van der Waals surface area contributed by atoms with Crippen LogP contribution in [-0.2, 0) is 11.3 Å². The van der Waals surface area contributed by atoms with Gasteiger partial charge in [0, 0.05) is 45.7 Å². The number of halogens is 1. The number of likely N-dealkylation sites (N-methyl/N-ethyl adjacent to an activating group) is 1. The SMILES string of the molecule is CN(C)C[C@@H]1CCCN1Cc1ccc(N/C=C2\C(=O)NC(=O)c3ccc(I)cc32)cc1. The number of carbonyl (C=O) groups excluding carboxylic acids is 2. The van der Waals surface area contributed by atoms with Crippen LogP contribution >= 0.6 is 22.6 Å². The Kier molecular flexibility index (Phi) is 6.74. The molecule has 2 aliphatic rings. The first-order chi connectivity index (χ1) is 14.9. The zero-order valence-corrected chi connectivity index (χ0v) is 20.0. The predicted octanol–water partition coefficient (Wildman–Crippen LogP) is 3.54. The number of likely N-dealkylation sites (tertiary alicyclic amines) is 1. The van der Waals surface area contributed by atoms with E-state index < -0.39 is 0 Å². The van der Waals surface area contributed by atoms with E-state index in [2.05, 4.69) is 69.3 Å². The third kappa shape index (κ3) is 5.16. The van der Waals surface area contributed by atoms with E-state index >= 15 is 0 Å². The molecule has 0 bridgehead atoms. The maximum absolute atomic E-state index is 12.4. The number of hydrogen-bond acceptors (Lipinski definition) is 5. The Morgan fingerprint density at radius 2 is 1.90 bits per heavy atom. The molecule has 0 unspecified atom stereocenters. The molecule has 1 atom stereocenters. The van der Waals surface area contributed by atoms with Gasteiger partial charge in [-0.3, -0.25) is 19.8 Å². The van der Waals surface area contributed by atoms with Gasteiger partial charge in [0.25, 0.3) is 11.8 Å². The van der Waals surface area contributed by atoms with Crippen molar-refractivity contribution in [2.75, 3.05) is 32.5 Å². The highest BCUT2D eigenvalue weighted by atomic mass is 127. The Bertz CT molecular complexity index is 1020. The van der Waals surface area contributed by atoms with E-state index in [1.54, 1.807) is 12.3 Å². The second kappa shape index (κ2) is 9.50. The first kappa shape index (κ1) is 22.0. The maximum Gasteiger partial charge on any atom is 0.260 e. The van der Waals surface area contributed by atoms with E-state index in [4.69, 9.17) is 0 Å². The molecule has 2 N–H and O–H groups in total. The lowest BCUT2D eigenvalue weighted by Gasteiger charge is -2.27. The summed E-state index contributed by atoms with van der Waals surface area (Å²) in [6.07, 6.45) is 4.20. The van der Waals surface area contributed by atoms with E-state index in [1.807, 2.05) is 24.3 Å². The standard InChI is InChI=1S/C24H27IN4O2/c1-28(2)15-19-4-3-11-29(19)14-16-5-8-18(9-6-16)26-13-22-21-12-17(25)7-10-20(21)23(30)27-24(22)31/h5-10,12-13,19,26H,3-4,11,14-15H2,1-2H3,(H,27,30,31)/b22-13-/t19-/m0/s1. The molecule has 2 amide bonds. The maximum atomic E-state index is 12.4. The van der Waals surface area contributed by atoms with Crippen LogP contribution in [0.15, 0.2) is 48.7 Å². The van der Waals surface area contributed by atoms with Gasteiger partial charge >= 0.3 is 0 Å². The van der Waals surface area contributed by atoms with Gasteiger partial charge in [0.1, 0.15) is 0 Å². The monoisotopic (exact) mass is 530 g/mol. The van der Waals surface area contributed by atoms with Gasteiger partial charge in [0.05, 0.1) is 5.57 Å². The molecule has 6 nitrogen and oxygen atoms in total. The van der Waals surface area contributed by atoms with Crippen LogP contribution in [0.5, 0.6) is 0 Å². The average molecular weight is 530 g/mol. The second-order valence-electron chi connectivity index (χ2n) is 8.40. The van der Waals surface area contributed by atoms with Crippen LogP contribution in [0.4, 0.5) is 5.69 Å². The first-order valence-electron chi connectivity index (χ1n) is 10.5. The summed E-state index contributed by atoms with van der Waals surface area (Å²) >= 11 is 2.18. The van der Waals surface area contributed by atoms with E-state index in [-0.39, 0.29) is 11.8 Å². The molecule has 0 saturated carbocycles. The molecule has 1 saturated heterocycles. The molecular weight excluding hydrogens is 503 g/mol. The fourth-order valence-corrected chi connectivity index (χ4v) is 4.76. The quantitative estimate of drug-likeness (QED) is 0.340. The molecule has 0 aromatic heterocycles. The van der Waals surface area contributed by atoms with E-state index in [9.17, 15) is 9.59 Å². The summed E-state index contributed by atoms with van der Waals surface area (Å²) in [4.78, 5) is 29.3. The van der Waals surface area contributed by atoms with Gasteiger partial charge in [-0.05, 0) is 92.0 Å². The Morgan fingerprint density at radius 1 is 1.13 bits per heavy atom. The predicted molar refractivity (Wildman–Crippen MR) is 132 cm³/mol. The molecule has 0 aliphatic carbocycles. The lowest BCUT2D eigenvalue weighted by Crippen LogP contribution is -2.37. The largest absolute Gasteiger partial charge is 0.361 e. The van der Waals surface area contributed by atoms with Crippen molar-refractivity contribution in [3.05, 3.63) is 68.9 Å². The van der Waals surface area contributed by atoms with Crippen LogP contribution in [0.2, 0.25) is 0 Å². The molecular formula is C24H27IN4O2. The van der Waals surface area contributed by atoms with Crippen molar-refractivity contribution in [3.63, 3.8) is 0 Å². The third-order valence-electron chi connectivity index (χ3n) is 5.79. The lowest BCUT2D eigenvalue weighted by molar-refractivity contribution is -0.114. The van der Waals surface area contributed by atoms with Gasteiger partial charge < -0.3 is 10.2 Å². The summed E-state index contributed by atoms with van der Waals surface area (Å²) in [5, 5.41) is 5.63. The van der Waals surface area contributed by atoms with Crippen LogP contribution in [0.1, 0.15) is 34.3 Å². The molecule has 2 aliphatic heterocycles. The number of benzene rings is 2. The summed E-state index contributed by atoms with van der Waals surface area (Å²) in [5.41, 5.74) is 3.82. The third-order valence-corrected chi connectivity index (χ3v) is 6.46. The zero-order chi connectivity index (χ0) is 22.0. The van der Waals surface area contributed by atoms with Gasteiger partial charge in [-0.15, -0.1) is 0 Å². The van der Waals surface area contributed by atoms with Gasteiger partial charge in [0.15, 0.2) is 0 Å². The van der Waals surface area contributed by atoms with Crippen LogP contribution < -0.4 is 10.6 Å². The van der Waals surface area contributed by atoms with Crippen molar-refractivity contribution in [1.29, 1.82) is 0 Å². The second-order valence-corrected chi connectivity index (χ2v) is 9.65. The molecule has 2 aromatic carbocycles. The number of nitrogens with one attached hydrogen (secondary N) is 2. The van der Waals surface area contributed by atoms with E-state index in [0.29, 0.717) is 22.7 Å². The Balaban J connectivity index is 1.46. The zero-order valence-electron chi connectivity index (χ0n) is 17.8. The molecule has 162 valence electrons. The lowest BCUT2D eigenvalue weighted by atomic mass is 9.95. The number of amides is 2. The summed E-state index contributed by atoms with van der Waals surface area (Å²) in [5.74, 6) is -0.739. The highest BCUT2D eigenvalue weighted by Crippen LogP contribution is 2.26. The normalized spacial score (nSPS) is 20.3. The molecule has 0 radical (unpaired) electrons. The van der Waals surface area contributed by atoms with Gasteiger partial charge in [-0.25, -0.2) is 0 Å². The molecule has 31 heavy (non-hydrogen) atoms. The van der Waals surface area contributed by atoms with Crippen LogP contribution in [0, 0.1) is 3.57 Å².